The first-order valence-corrected chi connectivity index (χ1v) is 4.24. The molecule has 0 aliphatic heterocycles. The third kappa shape index (κ3) is 2.47. The lowest BCUT2D eigenvalue weighted by molar-refractivity contribution is 0.0854. The molecule has 0 radical (unpaired) electrons. The predicted octanol–water partition coefficient (Wildman–Crippen LogP) is 0.772. The van der Waals surface area contributed by atoms with Gasteiger partial charge in [-0.1, -0.05) is 0 Å². The normalized spacial score (nSPS) is 15.3. The van der Waals surface area contributed by atoms with Crippen molar-refractivity contribution in [1.82, 2.24) is 15.3 Å². The second-order valence-electron chi connectivity index (χ2n) is 2.88. The second kappa shape index (κ2) is 4.89. The molecule has 13 heavy (non-hydrogen) atoms. The summed E-state index contributed by atoms with van der Waals surface area (Å²) in [7, 11) is 3.59. The summed E-state index contributed by atoms with van der Waals surface area (Å²) in [5.74, 6) is 0. The molecule has 0 saturated heterocycles. The van der Waals surface area contributed by atoms with Gasteiger partial charge in [-0.05, 0) is 14.0 Å². The van der Waals surface area contributed by atoms with E-state index in [0.717, 1.165) is 5.56 Å². The number of hydrogen-bond donors (Lipinski definition) is 1. The predicted molar refractivity (Wildman–Crippen MR) is 50.3 cm³/mol. The van der Waals surface area contributed by atoms with Crippen molar-refractivity contribution in [3.8, 4) is 0 Å². The Morgan fingerprint density at radius 1 is 1.38 bits per heavy atom. The average molecular weight is 181 g/mol. The van der Waals surface area contributed by atoms with Gasteiger partial charge in [0, 0.05) is 25.1 Å². The van der Waals surface area contributed by atoms with Crippen LogP contribution in [0, 0.1) is 0 Å². The summed E-state index contributed by atoms with van der Waals surface area (Å²) < 4.78 is 5.24. The molecule has 1 aromatic rings. The molecule has 1 aromatic heterocycles. The zero-order chi connectivity index (χ0) is 9.68. The summed E-state index contributed by atoms with van der Waals surface area (Å²) in [6, 6.07) is 0.145. The third-order valence-electron chi connectivity index (χ3n) is 2.09. The molecule has 0 aliphatic rings. The second-order valence-corrected chi connectivity index (χ2v) is 2.88. The molecular formula is C9H15N3O. The standard InChI is InChI=1S/C9H15N3O/c1-7(13-3)9(10-2)8-4-11-6-12-5-8/h4-7,9-10H,1-3H3. The number of nitrogens with one attached hydrogen (secondary N) is 1. The molecule has 1 heterocycles. The Hall–Kier alpha value is -1.00. The Balaban J connectivity index is 2.78. The van der Waals surface area contributed by atoms with Gasteiger partial charge in [0.25, 0.3) is 0 Å². The third-order valence-corrected chi connectivity index (χ3v) is 2.09. The highest BCUT2D eigenvalue weighted by atomic mass is 16.5. The van der Waals surface area contributed by atoms with Crippen molar-refractivity contribution in [1.29, 1.82) is 0 Å². The molecule has 0 bridgehead atoms. The molecule has 2 atom stereocenters. The molecule has 0 aliphatic carbocycles. The van der Waals surface area contributed by atoms with Crippen molar-refractivity contribution >= 4 is 0 Å². The SMILES string of the molecule is CNC(c1cncnc1)C(C)OC. The Morgan fingerprint density at radius 3 is 2.46 bits per heavy atom. The number of hydrogen-bond acceptors (Lipinski definition) is 4. The van der Waals surface area contributed by atoms with Gasteiger partial charge in [0.1, 0.15) is 6.33 Å². The van der Waals surface area contributed by atoms with E-state index in [2.05, 4.69) is 15.3 Å². The van der Waals surface area contributed by atoms with E-state index < -0.39 is 0 Å². The molecule has 0 amide bonds. The summed E-state index contributed by atoms with van der Waals surface area (Å²) in [6.45, 7) is 2.01. The maximum absolute atomic E-state index is 5.24. The van der Waals surface area contributed by atoms with E-state index in [4.69, 9.17) is 4.74 Å². The maximum atomic E-state index is 5.24. The summed E-state index contributed by atoms with van der Waals surface area (Å²) in [5.41, 5.74) is 1.04. The molecule has 2 unspecified atom stereocenters. The van der Waals surface area contributed by atoms with E-state index in [1.54, 1.807) is 19.5 Å². The number of aromatic nitrogens is 2. The molecular weight excluding hydrogens is 166 g/mol. The first kappa shape index (κ1) is 10.1. The van der Waals surface area contributed by atoms with Crippen molar-refractivity contribution in [2.45, 2.75) is 19.1 Å². The van der Waals surface area contributed by atoms with E-state index in [-0.39, 0.29) is 12.1 Å². The van der Waals surface area contributed by atoms with Crippen LogP contribution in [0.15, 0.2) is 18.7 Å². The van der Waals surface area contributed by atoms with Crippen molar-refractivity contribution in [3.63, 3.8) is 0 Å². The van der Waals surface area contributed by atoms with Gasteiger partial charge < -0.3 is 10.1 Å². The quantitative estimate of drug-likeness (QED) is 0.745. The Labute approximate surface area is 78.4 Å². The number of nitrogens with zero attached hydrogens (tertiary/aromatic N) is 2. The van der Waals surface area contributed by atoms with Gasteiger partial charge in [-0.3, -0.25) is 0 Å². The van der Waals surface area contributed by atoms with Gasteiger partial charge in [0.05, 0.1) is 12.1 Å². The van der Waals surface area contributed by atoms with Crippen molar-refractivity contribution < 1.29 is 4.74 Å². The van der Waals surface area contributed by atoms with Gasteiger partial charge >= 0.3 is 0 Å². The lowest BCUT2D eigenvalue weighted by Gasteiger charge is -2.21. The highest BCUT2D eigenvalue weighted by molar-refractivity contribution is 5.10. The number of likely N-dealkylation sites (N-methyl/N-ethyl adjacent to an activating group) is 1. The van der Waals surface area contributed by atoms with Crippen LogP contribution in [0.3, 0.4) is 0 Å². The highest BCUT2D eigenvalue weighted by Gasteiger charge is 2.16. The minimum atomic E-state index is 0.107. The highest BCUT2D eigenvalue weighted by Crippen LogP contribution is 2.15. The molecule has 0 spiro atoms. The molecule has 72 valence electrons. The molecule has 0 fully saturated rings. The van der Waals surface area contributed by atoms with Crippen LogP contribution in [0.4, 0.5) is 0 Å². The molecule has 1 rings (SSSR count). The van der Waals surface area contributed by atoms with Gasteiger partial charge in [-0.15, -0.1) is 0 Å². The van der Waals surface area contributed by atoms with Gasteiger partial charge in [-0.2, -0.15) is 0 Å². The zero-order valence-corrected chi connectivity index (χ0v) is 8.19. The van der Waals surface area contributed by atoms with E-state index >= 15 is 0 Å². The van der Waals surface area contributed by atoms with Crippen LogP contribution in [-0.2, 0) is 4.74 Å². The van der Waals surface area contributed by atoms with Gasteiger partial charge in [-0.25, -0.2) is 9.97 Å². The lowest BCUT2D eigenvalue weighted by Crippen LogP contribution is -2.28. The summed E-state index contributed by atoms with van der Waals surface area (Å²) in [6.07, 6.45) is 5.22. The van der Waals surface area contributed by atoms with Crippen molar-refractivity contribution in [2.24, 2.45) is 0 Å². The maximum Gasteiger partial charge on any atom is 0.115 e. The van der Waals surface area contributed by atoms with Crippen molar-refractivity contribution in [2.75, 3.05) is 14.2 Å². The van der Waals surface area contributed by atoms with Gasteiger partial charge in [0.15, 0.2) is 0 Å². The fourth-order valence-electron chi connectivity index (χ4n) is 1.28. The van der Waals surface area contributed by atoms with Crippen molar-refractivity contribution in [3.05, 3.63) is 24.3 Å². The molecule has 4 nitrogen and oxygen atoms in total. The summed E-state index contributed by atoms with van der Waals surface area (Å²) in [4.78, 5) is 7.93. The fraction of sp³-hybridized carbons (Fsp3) is 0.556. The largest absolute Gasteiger partial charge is 0.380 e. The smallest absolute Gasteiger partial charge is 0.115 e. The van der Waals surface area contributed by atoms with E-state index in [9.17, 15) is 0 Å². The minimum Gasteiger partial charge on any atom is -0.380 e. The fourth-order valence-corrected chi connectivity index (χ4v) is 1.28. The number of ether oxygens (including phenoxy) is 1. The molecule has 4 heteroatoms. The van der Waals surface area contributed by atoms with Crippen LogP contribution in [0.2, 0.25) is 0 Å². The topological polar surface area (TPSA) is 47.0 Å². The average Bonchev–Trinajstić information content (AvgIpc) is 2.20. The Kier molecular flexibility index (Phi) is 3.79. The monoisotopic (exact) mass is 181 g/mol. The van der Waals surface area contributed by atoms with Crippen LogP contribution >= 0.6 is 0 Å². The number of methoxy groups -OCH3 is 1. The molecule has 0 saturated carbocycles. The molecule has 1 N–H and O–H groups in total. The number of rotatable bonds is 4. The van der Waals surface area contributed by atoms with E-state index in [1.165, 1.54) is 6.33 Å². The van der Waals surface area contributed by atoms with Gasteiger partial charge in [0.2, 0.25) is 0 Å². The van der Waals surface area contributed by atoms with E-state index in [1.807, 2.05) is 14.0 Å². The molecule has 0 aromatic carbocycles. The summed E-state index contributed by atoms with van der Waals surface area (Å²) in [5, 5.41) is 3.16. The summed E-state index contributed by atoms with van der Waals surface area (Å²) >= 11 is 0. The Morgan fingerprint density at radius 2 is 2.00 bits per heavy atom. The minimum absolute atomic E-state index is 0.107. The van der Waals surface area contributed by atoms with E-state index in [0.29, 0.717) is 0 Å². The van der Waals surface area contributed by atoms with Crippen LogP contribution in [0.1, 0.15) is 18.5 Å². The lowest BCUT2D eigenvalue weighted by atomic mass is 10.1. The van der Waals surface area contributed by atoms with Crippen LogP contribution < -0.4 is 5.32 Å². The van der Waals surface area contributed by atoms with Crippen LogP contribution in [0.25, 0.3) is 0 Å². The zero-order valence-electron chi connectivity index (χ0n) is 8.19. The van der Waals surface area contributed by atoms with Crippen LogP contribution in [0.5, 0.6) is 0 Å². The first-order chi connectivity index (χ1) is 6.29. The van der Waals surface area contributed by atoms with Crippen LogP contribution in [-0.4, -0.2) is 30.2 Å². The Bertz CT molecular complexity index is 240. The first-order valence-electron chi connectivity index (χ1n) is 4.24.